The van der Waals surface area contributed by atoms with E-state index in [4.69, 9.17) is 9.47 Å². The second-order valence-electron chi connectivity index (χ2n) is 8.61. The van der Waals surface area contributed by atoms with Crippen molar-refractivity contribution >= 4 is 27.7 Å². The smallest absolute Gasteiger partial charge is 0.242 e. The summed E-state index contributed by atoms with van der Waals surface area (Å²) in [5.74, 6) is 1.10. The highest BCUT2D eigenvalue weighted by Gasteiger charge is 2.29. The summed E-state index contributed by atoms with van der Waals surface area (Å²) in [5.41, 5.74) is 2.93. The van der Waals surface area contributed by atoms with Gasteiger partial charge in [0.25, 0.3) is 0 Å². The van der Waals surface area contributed by atoms with Crippen LogP contribution in [0.1, 0.15) is 37.0 Å². The zero-order valence-electron chi connectivity index (χ0n) is 21.7. The van der Waals surface area contributed by atoms with E-state index in [2.05, 4.69) is 21.2 Å². The van der Waals surface area contributed by atoms with Crippen LogP contribution in [0.15, 0.2) is 77.3 Å². The molecule has 0 unspecified atom stereocenters. The topological polar surface area (TPSA) is 67.9 Å². The van der Waals surface area contributed by atoms with Crippen LogP contribution in [0.25, 0.3) is 0 Å². The molecule has 6 nitrogen and oxygen atoms in total. The number of hydrogen-bond donors (Lipinski definition) is 1. The Morgan fingerprint density at radius 1 is 0.865 bits per heavy atom. The first kappa shape index (κ1) is 28.3. The Kier molecular flexibility index (Phi) is 11.0. The Labute approximate surface area is 228 Å². The largest absolute Gasteiger partial charge is 0.490 e. The molecule has 0 aliphatic rings. The van der Waals surface area contributed by atoms with Gasteiger partial charge < -0.3 is 19.7 Å². The van der Waals surface area contributed by atoms with E-state index >= 15 is 0 Å². The van der Waals surface area contributed by atoms with Crippen molar-refractivity contribution in [3.05, 3.63) is 94.0 Å². The molecular formula is C30H35BrN2O4. The van der Waals surface area contributed by atoms with Gasteiger partial charge in [-0.3, -0.25) is 9.59 Å². The molecule has 3 aromatic carbocycles. The third kappa shape index (κ3) is 8.35. The number of ether oxygens (including phenoxy) is 2. The minimum atomic E-state index is -0.636. The molecule has 1 N–H and O–H groups in total. The van der Waals surface area contributed by atoms with Crippen LogP contribution in [0, 0.1) is 0 Å². The minimum Gasteiger partial charge on any atom is -0.490 e. The maximum Gasteiger partial charge on any atom is 0.242 e. The summed E-state index contributed by atoms with van der Waals surface area (Å²) >= 11 is 3.47. The molecule has 0 aromatic heterocycles. The Bertz CT molecular complexity index is 1150. The van der Waals surface area contributed by atoms with Crippen LogP contribution in [0.2, 0.25) is 0 Å². The summed E-state index contributed by atoms with van der Waals surface area (Å²) in [5, 5.41) is 2.76. The standard InChI is InChI=1S/C30H35BrN2O4/c1-4-36-27-17-13-23(20-28(27)37-5-2)14-18-29(34)33(21-24-11-15-25(31)16-12-24)26(30(35)32-3)19-22-9-7-6-8-10-22/h6-13,15-17,20,26H,4-5,14,18-19,21H2,1-3H3,(H,32,35)/t26-/m1/s1. The average molecular weight is 568 g/mol. The van der Waals surface area contributed by atoms with E-state index in [0.717, 1.165) is 21.2 Å². The van der Waals surface area contributed by atoms with Crippen LogP contribution in [0.3, 0.4) is 0 Å². The lowest BCUT2D eigenvalue weighted by molar-refractivity contribution is -0.141. The van der Waals surface area contributed by atoms with E-state index in [1.165, 1.54) is 0 Å². The van der Waals surface area contributed by atoms with Crippen molar-refractivity contribution in [2.45, 2.75) is 45.7 Å². The van der Waals surface area contributed by atoms with Gasteiger partial charge in [-0.05, 0) is 61.2 Å². The van der Waals surface area contributed by atoms with Crippen LogP contribution < -0.4 is 14.8 Å². The second kappa shape index (κ2) is 14.4. The Morgan fingerprint density at radius 3 is 2.16 bits per heavy atom. The van der Waals surface area contributed by atoms with E-state index in [1.54, 1.807) is 11.9 Å². The van der Waals surface area contributed by atoms with Gasteiger partial charge in [0.1, 0.15) is 6.04 Å². The number of benzene rings is 3. The number of nitrogens with one attached hydrogen (secondary N) is 1. The zero-order valence-corrected chi connectivity index (χ0v) is 23.3. The first-order valence-corrected chi connectivity index (χ1v) is 13.4. The number of carbonyl (C=O) groups is 2. The highest BCUT2D eigenvalue weighted by atomic mass is 79.9. The number of hydrogen-bond acceptors (Lipinski definition) is 4. The highest BCUT2D eigenvalue weighted by Crippen LogP contribution is 2.29. The average Bonchev–Trinajstić information content (AvgIpc) is 2.92. The zero-order chi connectivity index (χ0) is 26.6. The first-order valence-electron chi connectivity index (χ1n) is 12.6. The molecule has 0 aliphatic carbocycles. The minimum absolute atomic E-state index is 0.0840. The summed E-state index contributed by atoms with van der Waals surface area (Å²) in [6, 6.07) is 22.7. The van der Waals surface area contributed by atoms with Gasteiger partial charge in [0.05, 0.1) is 13.2 Å². The van der Waals surface area contributed by atoms with Gasteiger partial charge in [-0.25, -0.2) is 0 Å². The van der Waals surface area contributed by atoms with Crippen LogP contribution in [-0.4, -0.2) is 43.0 Å². The molecule has 3 aromatic rings. The van der Waals surface area contributed by atoms with E-state index in [1.807, 2.05) is 86.6 Å². The molecule has 0 saturated heterocycles. The third-order valence-corrected chi connectivity index (χ3v) is 6.55. The fourth-order valence-corrected chi connectivity index (χ4v) is 4.42. The molecule has 0 saturated carbocycles. The van der Waals surface area contributed by atoms with Gasteiger partial charge in [-0.1, -0.05) is 64.5 Å². The predicted molar refractivity (Wildman–Crippen MR) is 150 cm³/mol. The second-order valence-corrected chi connectivity index (χ2v) is 9.53. The molecular weight excluding hydrogens is 532 g/mol. The summed E-state index contributed by atoms with van der Waals surface area (Å²) < 4.78 is 12.4. The predicted octanol–water partition coefficient (Wildman–Crippen LogP) is 5.57. The van der Waals surface area contributed by atoms with Gasteiger partial charge in [-0.2, -0.15) is 0 Å². The van der Waals surface area contributed by atoms with E-state index in [-0.39, 0.29) is 18.2 Å². The SMILES string of the molecule is CCOc1ccc(CCC(=O)N(Cc2ccc(Br)cc2)[C@H](Cc2ccccc2)C(=O)NC)cc1OCC. The Hall–Kier alpha value is -3.32. The van der Waals surface area contributed by atoms with Gasteiger partial charge in [0.15, 0.2) is 11.5 Å². The van der Waals surface area contributed by atoms with Crippen LogP contribution >= 0.6 is 15.9 Å². The molecule has 3 rings (SSSR count). The van der Waals surface area contributed by atoms with Gasteiger partial charge >= 0.3 is 0 Å². The third-order valence-electron chi connectivity index (χ3n) is 6.02. The van der Waals surface area contributed by atoms with Gasteiger partial charge in [-0.15, -0.1) is 0 Å². The van der Waals surface area contributed by atoms with Crippen molar-refractivity contribution in [1.82, 2.24) is 10.2 Å². The fraction of sp³-hybridized carbons (Fsp3) is 0.333. The van der Waals surface area contributed by atoms with Crippen LogP contribution in [0.4, 0.5) is 0 Å². The van der Waals surface area contributed by atoms with Crippen LogP contribution in [-0.2, 0) is 29.0 Å². The van der Waals surface area contributed by atoms with Crippen molar-refractivity contribution < 1.29 is 19.1 Å². The summed E-state index contributed by atoms with van der Waals surface area (Å²) in [7, 11) is 1.61. The quantitative estimate of drug-likeness (QED) is 0.294. The summed E-state index contributed by atoms with van der Waals surface area (Å²) in [6.07, 6.45) is 1.21. The molecule has 37 heavy (non-hydrogen) atoms. The lowest BCUT2D eigenvalue weighted by Crippen LogP contribution is -2.49. The molecule has 0 heterocycles. The molecule has 2 amide bonds. The highest BCUT2D eigenvalue weighted by molar-refractivity contribution is 9.10. The van der Waals surface area contributed by atoms with Gasteiger partial charge in [0, 0.05) is 30.9 Å². The lowest BCUT2D eigenvalue weighted by atomic mass is 10.0. The molecule has 196 valence electrons. The molecule has 0 spiro atoms. The first-order chi connectivity index (χ1) is 17.9. The number of amides is 2. The van der Waals surface area contributed by atoms with Crippen molar-refractivity contribution in [3.8, 4) is 11.5 Å². The summed E-state index contributed by atoms with van der Waals surface area (Å²) in [4.78, 5) is 28.5. The number of nitrogens with zero attached hydrogens (tertiary/aromatic N) is 1. The number of aryl methyl sites for hydroxylation is 1. The van der Waals surface area contributed by atoms with Crippen LogP contribution in [0.5, 0.6) is 11.5 Å². The van der Waals surface area contributed by atoms with Crippen molar-refractivity contribution in [1.29, 1.82) is 0 Å². The molecule has 0 bridgehead atoms. The lowest BCUT2D eigenvalue weighted by Gasteiger charge is -2.31. The Morgan fingerprint density at radius 2 is 1.51 bits per heavy atom. The molecule has 0 radical (unpaired) electrons. The Balaban J connectivity index is 1.85. The maximum atomic E-state index is 13.7. The summed E-state index contributed by atoms with van der Waals surface area (Å²) in [6.45, 7) is 5.27. The number of rotatable bonds is 13. The van der Waals surface area contributed by atoms with Crippen molar-refractivity contribution in [2.24, 2.45) is 0 Å². The number of likely N-dealkylation sites (N-methyl/N-ethyl adjacent to an activating group) is 1. The van der Waals surface area contributed by atoms with Crippen molar-refractivity contribution in [2.75, 3.05) is 20.3 Å². The van der Waals surface area contributed by atoms with E-state index in [9.17, 15) is 9.59 Å². The molecule has 7 heteroatoms. The number of carbonyl (C=O) groups excluding carboxylic acids is 2. The maximum absolute atomic E-state index is 13.7. The van der Waals surface area contributed by atoms with Gasteiger partial charge in [0.2, 0.25) is 11.8 Å². The normalized spacial score (nSPS) is 11.5. The monoisotopic (exact) mass is 566 g/mol. The van der Waals surface area contributed by atoms with Crippen molar-refractivity contribution in [3.63, 3.8) is 0 Å². The molecule has 0 aliphatic heterocycles. The fourth-order valence-electron chi connectivity index (χ4n) is 4.15. The van der Waals surface area contributed by atoms with E-state index in [0.29, 0.717) is 44.1 Å². The molecule has 1 atom stereocenters. The molecule has 0 fully saturated rings. The number of halogens is 1. The van der Waals surface area contributed by atoms with E-state index < -0.39 is 6.04 Å².